The lowest BCUT2D eigenvalue weighted by atomic mass is 10.0. The molecule has 1 aromatic heterocycles. The zero-order valence-electron chi connectivity index (χ0n) is 9.06. The minimum atomic E-state index is 0.563. The van der Waals surface area contributed by atoms with Gasteiger partial charge in [0.1, 0.15) is 5.82 Å². The van der Waals surface area contributed by atoms with Crippen LogP contribution in [0.5, 0.6) is 0 Å². The molecule has 0 saturated heterocycles. The predicted molar refractivity (Wildman–Crippen MR) is 66.8 cm³/mol. The van der Waals surface area contributed by atoms with Crippen molar-refractivity contribution in [2.24, 2.45) is 5.92 Å². The first-order valence-electron chi connectivity index (χ1n) is 5.22. The van der Waals surface area contributed by atoms with E-state index in [0.29, 0.717) is 21.8 Å². The van der Waals surface area contributed by atoms with Crippen LogP contribution in [-0.4, -0.2) is 11.5 Å². The van der Waals surface area contributed by atoms with E-state index in [0.717, 1.165) is 19.4 Å². The molecule has 0 unspecified atom stereocenters. The lowest BCUT2D eigenvalue weighted by Gasteiger charge is -2.14. The largest absolute Gasteiger partial charge is 0.369 e. The summed E-state index contributed by atoms with van der Waals surface area (Å²) in [5, 5.41) is 4.38. The fourth-order valence-electron chi connectivity index (χ4n) is 1.36. The smallest absolute Gasteiger partial charge is 0.144 e. The summed E-state index contributed by atoms with van der Waals surface area (Å²) in [6.07, 6.45) is 3.92. The molecular formula is C11H16Cl2N2. The van der Waals surface area contributed by atoms with Crippen LogP contribution < -0.4 is 5.32 Å². The van der Waals surface area contributed by atoms with E-state index in [1.807, 2.05) is 0 Å². The number of halogens is 2. The van der Waals surface area contributed by atoms with E-state index in [-0.39, 0.29) is 0 Å². The van der Waals surface area contributed by atoms with Crippen molar-refractivity contribution in [1.29, 1.82) is 0 Å². The molecule has 0 saturated carbocycles. The first-order valence-corrected chi connectivity index (χ1v) is 5.97. The van der Waals surface area contributed by atoms with Crippen LogP contribution >= 0.6 is 23.2 Å². The highest BCUT2D eigenvalue weighted by Crippen LogP contribution is 2.23. The maximum atomic E-state index is 5.99. The minimum Gasteiger partial charge on any atom is -0.369 e. The second-order valence-electron chi connectivity index (χ2n) is 3.55. The molecule has 84 valence electrons. The van der Waals surface area contributed by atoms with E-state index < -0.39 is 0 Å². The van der Waals surface area contributed by atoms with Gasteiger partial charge in [0.2, 0.25) is 0 Å². The Hall–Kier alpha value is -0.470. The highest BCUT2D eigenvalue weighted by Gasteiger charge is 2.06. The van der Waals surface area contributed by atoms with Gasteiger partial charge in [0.05, 0.1) is 10.0 Å². The van der Waals surface area contributed by atoms with Gasteiger partial charge in [0.15, 0.2) is 0 Å². The molecule has 4 heteroatoms. The second kappa shape index (κ2) is 6.19. The van der Waals surface area contributed by atoms with E-state index >= 15 is 0 Å². The van der Waals surface area contributed by atoms with Crippen molar-refractivity contribution in [3.63, 3.8) is 0 Å². The molecule has 2 nitrogen and oxygen atoms in total. The number of nitrogens with zero attached hydrogens (tertiary/aromatic N) is 1. The second-order valence-corrected chi connectivity index (χ2v) is 4.39. The fourth-order valence-corrected chi connectivity index (χ4v) is 1.81. The molecule has 1 heterocycles. The quantitative estimate of drug-likeness (QED) is 0.841. The lowest BCUT2D eigenvalue weighted by Crippen LogP contribution is -2.13. The molecule has 1 aromatic rings. The SMILES string of the molecule is CCC(CC)CNc1ncc(Cl)cc1Cl. The monoisotopic (exact) mass is 246 g/mol. The van der Waals surface area contributed by atoms with Gasteiger partial charge in [0, 0.05) is 12.7 Å². The van der Waals surface area contributed by atoms with Gasteiger partial charge in [-0.1, -0.05) is 49.9 Å². The van der Waals surface area contributed by atoms with Gasteiger partial charge in [-0.2, -0.15) is 0 Å². The number of nitrogens with one attached hydrogen (secondary N) is 1. The van der Waals surface area contributed by atoms with E-state index in [1.54, 1.807) is 12.3 Å². The third kappa shape index (κ3) is 3.88. The van der Waals surface area contributed by atoms with Gasteiger partial charge in [0.25, 0.3) is 0 Å². The van der Waals surface area contributed by atoms with E-state index in [2.05, 4.69) is 24.1 Å². The summed E-state index contributed by atoms with van der Waals surface area (Å²) in [7, 11) is 0. The van der Waals surface area contributed by atoms with Gasteiger partial charge >= 0.3 is 0 Å². The van der Waals surface area contributed by atoms with Crippen LogP contribution in [0, 0.1) is 5.92 Å². The van der Waals surface area contributed by atoms with Gasteiger partial charge in [-0.15, -0.1) is 0 Å². The summed E-state index contributed by atoms with van der Waals surface area (Å²) in [4.78, 5) is 4.14. The third-order valence-corrected chi connectivity index (χ3v) is 3.02. The van der Waals surface area contributed by atoms with Crippen molar-refractivity contribution in [2.75, 3.05) is 11.9 Å². The van der Waals surface area contributed by atoms with E-state index in [4.69, 9.17) is 23.2 Å². The summed E-state index contributed by atoms with van der Waals surface area (Å²) in [5.41, 5.74) is 0. The van der Waals surface area contributed by atoms with Crippen LogP contribution in [0.4, 0.5) is 5.82 Å². The zero-order chi connectivity index (χ0) is 11.3. The highest BCUT2D eigenvalue weighted by molar-refractivity contribution is 6.35. The number of aromatic nitrogens is 1. The zero-order valence-corrected chi connectivity index (χ0v) is 10.6. The average Bonchev–Trinajstić information content (AvgIpc) is 2.22. The predicted octanol–water partition coefficient (Wildman–Crippen LogP) is 4.24. The Morgan fingerprint density at radius 2 is 2.00 bits per heavy atom. The maximum absolute atomic E-state index is 5.99. The number of pyridine rings is 1. The lowest BCUT2D eigenvalue weighted by molar-refractivity contribution is 0.518. The molecule has 0 amide bonds. The molecule has 0 bridgehead atoms. The number of hydrogen-bond acceptors (Lipinski definition) is 2. The first-order chi connectivity index (χ1) is 7.17. The van der Waals surface area contributed by atoms with Crippen molar-refractivity contribution >= 4 is 29.0 Å². The summed E-state index contributed by atoms with van der Waals surface area (Å²) < 4.78 is 0. The molecule has 0 radical (unpaired) electrons. The van der Waals surface area contributed by atoms with Crippen LogP contribution in [0.3, 0.4) is 0 Å². The van der Waals surface area contributed by atoms with Gasteiger partial charge in [-0.3, -0.25) is 0 Å². The van der Waals surface area contributed by atoms with Crippen molar-refractivity contribution in [3.8, 4) is 0 Å². The van der Waals surface area contributed by atoms with Crippen molar-refractivity contribution in [3.05, 3.63) is 22.3 Å². The Morgan fingerprint density at radius 1 is 1.33 bits per heavy atom. The summed E-state index contributed by atoms with van der Waals surface area (Å²) in [6, 6.07) is 1.70. The molecule has 0 aliphatic rings. The third-order valence-electron chi connectivity index (χ3n) is 2.52. The van der Waals surface area contributed by atoms with Crippen LogP contribution in [-0.2, 0) is 0 Å². The minimum absolute atomic E-state index is 0.563. The Kier molecular flexibility index (Phi) is 5.20. The van der Waals surface area contributed by atoms with Crippen LogP contribution in [0.2, 0.25) is 10.0 Å². The fraction of sp³-hybridized carbons (Fsp3) is 0.545. The molecule has 0 aliphatic carbocycles. The summed E-state index contributed by atoms with van der Waals surface area (Å²) in [6.45, 7) is 5.28. The van der Waals surface area contributed by atoms with Crippen LogP contribution in [0.15, 0.2) is 12.3 Å². The van der Waals surface area contributed by atoms with Gasteiger partial charge in [-0.05, 0) is 12.0 Å². The van der Waals surface area contributed by atoms with E-state index in [9.17, 15) is 0 Å². The molecule has 15 heavy (non-hydrogen) atoms. The van der Waals surface area contributed by atoms with Crippen molar-refractivity contribution < 1.29 is 0 Å². The normalized spacial score (nSPS) is 10.7. The topological polar surface area (TPSA) is 24.9 Å². The van der Waals surface area contributed by atoms with Gasteiger partial charge < -0.3 is 5.32 Å². The van der Waals surface area contributed by atoms with Crippen LogP contribution in [0.25, 0.3) is 0 Å². The number of rotatable bonds is 5. The molecular weight excluding hydrogens is 231 g/mol. The van der Waals surface area contributed by atoms with Crippen LogP contribution in [0.1, 0.15) is 26.7 Å². The number of hydrogen-bond donors (Lipinski definition) is 1. The summed E-state index contributed by atoms with van der Waals surface area (Å²) >= 11 is 11.7. The Labute approximate surface area is 101 Å². The summed E-state index contributed by atoms with van der Waals surface area (Å²) in [5.74, 6) is 1.38. The standard InChI is InChI=1S/C11H16Cl2N2/c1-3-8(4-2)6-14-11-10(13)5-9(12)7-15-11/h5,7-8H,3-4,6H2,1-2H3,(H,14,15). The molecule has 1 N–H and O–H groups in total. The Bertz CT molecular complexity index is 311. The Morgan fingerprint density at radius 3 is 2.53 bits per heavy atom. The number of anilines is 1. The Balaban J connectivity index is 2.57. The van der Waals surface area contributed by atoms with Crippen molar-refractivity contribution in [2.45, 2.75) is 26.7 Å². The molecule has 0 aliphatic heterocycles. The average molecular weight is 247 g/mol. The molecule has 0 fully saturated rings. The molecule has 0 aromatic carbocycles. The molecule has 1 rings (SSSR count). The molecule has 0 spiro atoms. The highest BCUT2D eigenvalue weighted by atomic mass is 35.5. The first kappa shape index (κ1) is 12.6. The van der Waals surface area contributed by atoms with Gasteiger partial charge in [-0.25, -0.2) is 4.98 Å². The van der Waals surface area contributed by atoms with Crippen molar-refractivity contribution in [1.82, 2.24) is 4.98 Å². The van der Waals surface area contributed by atoms with E-state index in [1.165, 1.54) is 0 Å². The maximum Gasteiger partial charge on any atom is 0.144 e. The molecule has 0 atom stereocenters.